The first kappa shape index (κ1) is 19.5. The van der Waals surface area contributed by atoms with Crippen LogP contribution >= 0.6 is 0 Å². The maximum absolute atomic E-state index is 12.1. The van der Waals surface area contributed by atoms with E-state index in [0.717, 1.165) is 6.42 Å². The molecular formula is C20H27N3O4. The normalized spacial score (nSPS) is 23.4. The number of nitrogens with zero attached hydrogens (tertiary/aromatic N) is 1. The van der Waals surface area contributed by atoms with E-state index in [1.54, 1.807) is 0 Å². The topological polar surface area (TPSA) is 96.3 Å². The number of nitrogens with one attached hydrogen (secondary N) is 2. The molecule has 27 heavy (non-hydrogen) atoms. The fourth-order valence-corrected chi connectivity index (χ4v) is 3.42. The molecule has 1 aromatic heterocycles. The summed E-state index contributed by atoms with van der Waals surface area (Å²) in [6.45, 7) is 4.43. The summed E-state index contributed by atoms with van der Waals surface area (Å²) in [5, 5.41) is 13.7. The second-order valence-corrected chi connectivity index (χ2v) is 7.11. The zero-order valence-electron chi connectivity index (χ0n) is 15.7. The predicted octanol–water partition coefficient (Wildman–Crippen LogP) is 0.968. The molecule has 1 unspecified atom stereocenters. The number of H-pyrrole nitrogens is 1. The Labute approximate surface area is 158 Å². The van der Waals surface area contributed by atoms with E-state index in [1.807, 2.05) is 25.1 Å². The lowest BCUT2D eigenvalue weighted by Crippen LogP contribution is -2.39. The Bertz CT molecular complexity index is 862. The second-order valence-electron chi connectivity index (χ2n) is 7.11. The molecule has 1 fully saturated rings. The number of rotatable bonds is 7. The van der Waals surface area contributed by atoms with Crippen molar-refractivity contribution in [2.45, 2.75) is 57.6 Å². The minimum absolute atomic E-state index is 0.227. The summed E-state index contributed by atoms with van der Waals surface area (Å²) in [4.78, 5) is 26.2. The van der Waals surface area contributed by atoms with Gasteiger partial charge in [-0.05, 0) is 25.3 Å². The van der Waals surface area contributed by atoms with Crippen molar-refractivity contribution in [3.8, 4) is 0 Å². The molecule has 2 heterocycles. The van der Waals surface area contributed by atoms with Crippen LogP contribution in [0.1, 0.15) is 37.6 Å². The fraction of sp³-hybridized carbons (Fsp3) is 0.500. The highest BCUT2D eigenvalue weighted by Gasteiger charge is 2.35. The highest BCUT2D eigenvalue weighted by Crippen LogP contribution is 2.27. The molecule has 1 saturated heterocycles. The Balaban J connectivity index is 1.60. The van der Waals surface area contributed by atoms with Gasteiger partial charge in [-0.2, -0.15) is 0 Å². The van der Waals surface area contributed by atoms with Crippen molar-refractivity contribution in [2.75, 3.05) is 6.54 Å². The van der Waals surface area contributed by atoms with Gasteiger partial charge in [-0.1, -0.05) is 37.3 Å². The minimum Gasteiger partial charge on any atom is -0.390 e. The molecule has 1 aromatic carbocycles. The van der Waals surface area contributed by atoms with E-state index < -0.39 is 24.1 Å². The van der Waals surface area contributed by atoms with Crippen LogP contribution in [0.4, 0.5) is 0 Å². The summed E-state index contributed by atoms with van der Waals surface area (Å²) in [5.41, 5.74) is 0.881. The lowest BCUT2D eigenvalue weighted by molar-refractivity contribution is -0.0202. The van der Waals surface area contributed by atoms with Gasteiger partial charge >= 0.3 is 5.69 Å². The van der Waals surface area contributed by atoms with Crippen molar-refractivity contribution in [3.63, 3.8) is 0 Å². The lowest BCUT2D eigenvalue weighted by Gasteiger charge is -2.20. The van der Waals surface area contributed by atoms with Crippen LogP contribution < -0.4 is 16.6 Å². The van der Waals surface area contributed by atoms with E-state index in [-0.39, 0.29) is 11.6 Å². The maximum Gasteiger partial charge on any atom is 0.330 e. The molecule has 0 aliphatic carbocycles. The van der Waals surface area contributed by atoms with Crippen molar-refractivity contribution in [1.82, 2.24) is 14.9 Å². The van der Waals surface area contributed by atoms with Crippen LogP contribution in [0.5, 0.6) is 0 Å². The first-order valence-corrected chi connectivity index (χ1v) is 9.43. The molecular weight excluding hydrogens is 346 g/mol. The van der Waals surface area contributed by atoms with E-state index in [2.05, 4.69) is 29.4 Å². The van der Waals surface area contributed by atoms with Crippen molar-refractivity contribution in [2.24, 2.45) is 0 Å². The van der Waals surface area contributed by atoms with Crippen LogP contribution in [0.2, 0.25) is 0 Å². The summed E-state index contributed by atoms with van der Waals surface area (Å²) in [6.07, 6.45) is 1.60. The van der Waals surface area contributed by atoms with Crippen LogP contribution in [0, 0.1) is 0 Å². The highest BCUT2D eigenvalue weighted by atomic mass is 16.5. The summed E-state index contributed by atoms with van der Waals surface area (Å²) in [7, 11) is 0. The molecule has 1 aliphatic heterocycles. The third kappa shape index (κ3) is 4.74. The zero-order valence-corrected chi connectivity index (χ0v) is 15.7. The van der Waals surface area contributed by atoms with Gasteiger partial charge in [-0.15, -0.1) is 0 Å². The number of aromatic nitrogens is 2. The number of aliphatic hydroxyl groups excluding tert-OH is 1. The number of benzene rings is 1. The Morgan fingerprint density at radius 2 is 2.07 bits per heavy atom. The number of aliphatic hydroxyl groups is 1. The Morgan fingerprint density at radius 1 is 1.33 bits per heavy atom. The monoisotopic (exact) mass is 373 g/mol. The van der Waals surface area contributed by atoms with E-state index in [1.165, 1.54) is 16.3 Å². The van der Waals surface area contributed by atoms with Gasteiger partial charge in [0, 0.05) is 30.8 Å². The number of ether oxygens (including phenoxy) is 1. The predicted molar refractivity (Wildman–Crippen MR) is 103 cm³/mol. The minimum atomic E-state index is -0.671. The van der Waals surface area contributed by atoms with Gasteiger partial charge in [0.15, 0.2) is 0 Å². The molecule has 3 N–H and O–H groups in total. The fourth-order valence-electron chi connectivity index (χ4n) is 3.42. The SMILES string of the molecule is CCc1cn([C@H]2C[C@H](O)[C@@H](CNC(C)Cc3ccccc3)O2)c(=O)[nH]c1=O. The van der Waals surface area contributed by atoms with Gasteiger partial charge in [-0.25, -0.2) is 4.79 Å². The molecule has 0 saturated carbocycles. The zero-order chi connectivity index (χ0) is 19.4. The van der Waals surface area contributed by atoms with Gasteiger partial charge in [0.2, 0.25) is 0 Å². The molecule has 0 radical (unpaired) electrons. The first-order valence-electron chi connectivity index (χ1n) is 9.43. The average molecular weight is 373 g/mol. The third-order valence-electron chi connectivity index (χ3n) is 4.99. The van der Waals surface area contributed by atoms with Crippen molar-refractivity contribution < 1.29 is 9.84 Å². The van der Waals surface area contributed by atoms with Crippen LogP contribution in [0.15, 0.2) is 46.1 Å². The molecule has 4 atom stereocenters. The largest absolute Gasteiger partial charge is 0.390 e. The van der Waals surface area contributed by atoms with Crippen molar-refractivity contribution in [1.29, 1.82) is 0 Å². The maximum atomic E-state index is 12.1. The van der Waals surface area contributed by atoms with E-state index in [4.69, 9.17) is 4.74 Å². The molecule has 1 aliphatic rings. The van der Waals surface area contributed by atoms with Crippen molar-refractivity contribution in [3.05, 3.63) is 68.5 Å². The number of aromatic amines is 1. The standard InChI is InChI=1S/C20H27N3O4/c1-3-15-12-23(20(26)22-19(15)25)18-10-16(24)17(27-18)11-21-13(2)9-14-7-5-4-6-8-14/h4-8,12-13,16-18,21,24H,3,9-11H2,1-2H3,(H,22,25,26)/t13?,16-,17+,18+/m0/s1. The molecule has 0 amide bonds. The Hall–Kier alpha value is -2.22. The average Bonchev–Trinajstić information content (AvgIpc) is 3.01. The summed E-state index contributed by atoms with van der Waals surface area (Å²) >= 11 is 0. The molecule has 7 nitrogen and oxygen atoms in total. The quantitative estimate of drug-likeness (QED) is 0.672. The molecule has 2 aromatic rings. The van der Waals surface area contributed by atoms with Crippen LogP contribution in [-0.2, 0) is 17.6 Å². The summed E-state index contributed by atoms with van der Waals surface area (Å²) in [5.74, 6) is 0. The Kier molecular flexibility index (Phi) is 6.26. The van der Waals surface area contributed by atoms with E-state index >= 15 is 0 Å². The molecule has 0 spiro atoms. The second kappa shape index (κ2) is 8.65. The summed E-state index contributed by atoms with van der Waals surface area (Å²) in [6, 6.07) is 10.4. The number of hydrogen-bond donors (Lipinski definition) is 3. The first-order chi connectivity index (χ1) is 13.0. The van der Waals surface area contributed by atoms with Crippen LogP contribution in [0.3, 0.4) is 0 Å². The van der Waals surface area contributed by atoms with E-state index in [0.29, 0.717) is 24.9 Å². The summed E-state index contributed by atoms with van der Waals surface area (Å²) < 4.78 is 7.28. The van der Waals surface area contributed by atoms with Gasteiger partial charge in [-0.3, -0.25) is 14.3 Å². The molecule has 3 rings (SSSR count). The number of hydrogen-bond acceptors (Lipinski definition) is 5. The van der Waals surface area contributed by atoms with Gasteiger partial charge in [0.05, 0.1) is 12.2 Å². The van der Waals surface area contributed by atoms with Crippen LogP contribution in [-0.4, -0.2) is 39.5 Å². The van der Waals surface area contributed by atoms with E-state index in [9.17, 15) is 14.7 Å². The van der Waals surface area contributed by atoms with Crippen molar-refractivity contribution >= 4 is 0 Å². The van der Waals surface area contributed by atoms with Gasteiger partial charge in [0.25, 0.3) is 5.56 Å². The highest BCUT2D eigenvalue weighted by molar-refractivity contribution is 5.15. The Morgan fingerprint density at radius 3 is 2.78 bits per heavy atom. The van der Waals surface area contributed by atoms with Gasteiger partial charge in [0.1, 0.15) is 6.23 Å². The number of aryl methyl sites for hydroxylation is 1. The molecule has 7 heteroatoms. The molecule has 146 valence electrons. The third-order valence-corrected chi connectivity index (χ3v) is 4.99. The van der Waals surface area contributed by atoms with Crippen LogP contribution in [0.25, 0.3) is 0 Å². The molecule has 0 bridgehead atoms. The van der Waals surface area contributed by atoms with Gasteiger partial charge < -0.3 is 15.2 Å². The lowest BCUT2D eigenvalue weighted by atomic mass is 10.1. The smallest absolute Gasteiger partial charge is 0.330 e.